The molecule has 0 atom stereocenters. The van der Waals surface area contributed by atoms with Gasteiger partial charge in [-0.3, -0.25) is 4.98 Å². The summed E-state index contributed by atoms with van der Waals surface area (Å²) in [6, 6.07) is 2.96. The second kappa shape index (κ2) is 8.54. The Morgan fingerprint density at radius 3 is 2.57 bits per heavy atom. The number of hydrogen-bond acceptors (Lipinski definition) is 3. The third-order valence-corrected chi connectivity index (χ3v) is 3.27. The summed E-state index contributed by atoms with van der Waals surface area (Å²) in [6.45, 7) is 11.9. The predicted octanol–water partition coefficient (Wildman–Crippen LogP) is 4.27. The standard InChI is InChI=1S/C19H22N2O2/c1-6-8-9-10-14(3)18(7-2)21(5)15(4)17-13-16(19(22)23)11-12-20-17/h6-13H,3-4H2,1-2,5H3,(H,22,23)/b8-6-,10-9-,18-7-. The van der Waals surface area contributed by atoms with Crippen LogP contribution in [0.1, 0.15) is 29.9 Å². The van der Waals surface area contributed by atoms with Gasteiger partial charge in [0.05, 0.1) is 17.0 Å². The molecule has 0 unspecified atom stereocenters. The van der Waals surface area contributed by atoms with Crippen LogP contribution in [-0.2, 0) is 0 Å². The lowest BCUT2D eigenvalue weighted by molar-refractivity contribution is 0.0696. The fraction of sp³-hybridized carbons (Fsp3) is 0.158. The molecule has 1 aromatic rings. The third kappa shape index (κ3) is 4.81. The van der Waals surface area contributed by atoms with Gasteiger partial charge in [-0.25, -0.2) is 4.79 Å². The van der Waals surface area contributed by atoms with Gasteiger partial charge < -0.3 is 10.0 Å². The molecule has 4 nitrogen and oxygen atoms in total. The number of pyridine rings is 1. The molecule has 1 aromatic heterocycles. The molecule has 120 valence electrons. The summed E-state index contributed by atoms with van der Waals surface area (Å²) in [7, 11) is 1.85. The lowest BCUT2D eigenvalue weighted by Crippen LogP contribution is -2.17. The van der Waals surface area contributed by atoms with Crippen molar-refractivity contribution in [2.45, 2.75) is 13.8 Å². The molecule has 0 bridgehead atoms. The fourth-order valence-electron chi connectivity index (χ4n) is 2.00. The summed E-state index contributed by atoms with van der Waals surface area (Å²) in [6.07, 6.45) is 11.1. The van der Waals surface area contributed by atoms with Gasteiger partial charge >= 0.3 is 5.97 Å². The molecule has 1 rings (SSSR count). The number of aromatic carboxylic acids is 1. The highest BCUT2D eigenvalue weighted by Crippen LogP contribution is 2.23. The molecule has 23 heavy (non-hydrogen) atoms. The molecule has 0 saturated heterocycles. The molecule has 0 amide bonds. The molecule has 0 radical (unpaired) electrons. The highest BCUT2D eigenvalue weighted by Gasteiger charge is 2.13. The van der Waals surface area contributed by atoms with Crippen LogP contribution in [0.5, 0.6) is 0 Å². The molecule has 0 aliphatic carbocycles. The molecular weight excluding hydrogens is 288 g/mol. The minimum Gasteiger partial charge on any atom is -0.478 e. The summed E-state index contributed by atoms with van der Waals surface area (Å²) < 4.78 is 0. The zero-order valence-corrected chi connectivity index (χ0v) is 13.8. The Kier molecular flexibility index (Phi) is 6.74. The molecule has 0 spiro atoms. The monoisotopic (exact) mass is 310 g/mol. The van der Waals surface area contributed by atoms with Crippen molar-refractivity contribution < 1.29 is 9.90 Å². The maximum atomic E-state index is 11.1. The van der Waals surface area contributed by atoms with Crippen LogP contribution >= 0.6 is 0 Å². The van der Waals surface area contributed by atoms with Crippen molar-refractivity contribution in [3.8, 4) is 0 Å². The first-order valence-electron chi connectivity index (χ1n) is 7.19. The smallest absolute Gasteiger partial charge is 0.335 e. The van der Waals surface area contributed by atoms with Gasteiger partial charge in [0.2, 0.25) is 0 Å². The van der Waals surface area contributed by atoms with E-state index in [-0.39, 0.29) is 5.56 Å². The lowest BCUT2D eigenvalue weighted by Gasteiger charge is -2.25. The van der Waals surface area contributed by atoms with Gasteiger partial charge in [-0.15, -0.1) is 0 Å². The number of nitrogens with zero attached hydrogens (tertiary/aromatic N) is 2. The second-order valence-corrected chi connectivity index (χ2v) is 4.82. The zero-order chi connectivity index (χ0) is 17.4. The minimum absolute atomic E-state index is 0.179. The Morgan fingerprint density at radius 1 is 1.30 bits per heavy atom. The summed E-state index contributed by atoms with van der Waals surface area (Å²) in [5.41, 5.74) is 2.99. The number of carboxylic acids is 1. The van der Waals surface area contributed by atoms with Crippen LogP contribution in [-0.4, -0.2) is 28.0 Å². The maximum Gasteiger partial charge on any atom is 0.335 e. The van der Waals surface area contributed by atoms with E-state index in [2.05, 4.69) is 18.1 Å². The SMILES string of the molecule is C=C(/C=C\C=C/C)/C(=C/C)N(C)C(=C)c1cc(C(=O)O)ccn1. The number of aromatic nitrogens is 1. The first kappa shape index (κ1) is 18.2. The average Bonchev–Trinajstić information content (AvgIpc) is 2.55. The van der Waals surface area contributed by atoms with Crippen molar-refractivity contribution in [1.29, 1.82) is 0 Å². The Labute approximate surface area is 137 Å². The highest BCUT2D eigenvalue weighted by atomic mass is 16.4. The van der Waals surface area contributed by atoms with Crippen LogP contribution in [0, 0.1) is 0 Å². The first-order chi connectivity index (χ1) is 10.9. The van der Waals surface area contributed by atoms with Crippen molar-refractivity contribution in [2.24, 2.45) is 0 Å². The highest BCUT2D eigenvalue weighted by molar-refractivity contribution is 5.88. The Bertz CT molecular complexity index is 697. The van der Waals surface area contributed by atoms with E-state index in [0.29, 0.717) is 11.4 Å². The van der Waals surface area contributed by atoms with E-state index in [1.54, 1.807) is 0 Å². The van der Waals surface area contributed by atoms with E-state index in [1.165, 1.54) is 18.3 Å². The van der Waals surface area contributed by atoms with Gasteiger partial charge in [0.15, 0.2) is 0 Å². The number of allylic oxidation sites excluding steroid dienone is 5. The van der Waals surface area contributed by atoms with Crippen molar-refractivity contribution >= 4 is 11.7 Å². The summed E-state index contributed by atoms with van der Waals surface area (Å²) >= 11 is 0. The van der Waals surface area contributed by atoms with Crippen molar-refractivity contribution in [1.82, 2.24) is 9.88 Å². The van der Waals surface area contributed by atoms with Crippen LogP contribution < -0.4 is 0 Å². The quantitative estimate of drug-likeness (QED) is 0.764. The third-order valence-electron chi connectivity index (χ3n) is 3.27. The predicted molar refractivity (Wildman–Crippen MR) is 94.8 cm³/mol. The van der Waals surface area contributed by atoms with E-state index in [0.717, 1.165) is 11.3 Å². The largest absolute Gasteiger partial charge is 0.478 e. The van der Waals surface area contributed by atoms with Gasteiger partial charge in [0, 0.05) is 18.9 Å². The van der Waals surface area contributed by atoms with Gasteiger partial charge in [0.1, 0.15) is 0 Å². The zero-order valence-electron chi connectivity index (χ0n) is 13.8. The van der Waals surface area contributed by atoms with Gasteiger partial charge in [-0.2, -0.15) is 0 Å². The molecule has 1 heterocycles. The van der Waals surface area contributed by atoms with E-state index in [9.17, 15) is 4.79 Å². The van der Waals surface area contributed by atoms with Crippen LogP contribution in [0.4, 0.5) is 0 Å². The average molecular weight is 310 g/mol. The summed E-state index contributed by atoms with van der Waals surface area (Å²) in [4.78, 5) is 17.1. The maximum absolute atomic E-state index is 11.1. The first-order valence-corrected chi connectivity index (χ1v) is 7.19. The van der Waals surface area contributed by atoms with Gasteiger partial charge in [-0.05, 0) is 31.6 Å². The molecule has 0 aromatic carbocycles. The van der Waals surface area contributed by atoms with Crippen molar-refractivity contribution in [3.05, 3.63) is 84.4 Å². The number of hydrogen-bond donors (Lipinski definition) is 1. The Hall–Kier alpha value is -2.88. The molecule has 4 heteroatoms. The van der Waals surface area contributed by atoms with E-state index in [1.807, 2.05) is 56.2 Å². The normalized spacial score (nSPS) is 11.9. The molecular formula is C19H22N2O2. The molecule has 1 N–H and O–H groups in total. The Balaban J connectivity index is 3.04. The second-order valence-electron chi connectivity index (χ2n) is 4.82. The van der Waals surface area contributed by atoms with Crippen molar-refractivity contribution in [3.63, 3.8) is 0 Å². The van der Waals surface area contributed by atoms with E-state index in [4.69, 9.17) is 5.11 Å². The van der Waals surface area contributed by atoms with Gasteiger partial charge in [-0.1, -0.05) is 43.5 Å². The number of carbonyl (C=O) groups is 1. The van der Waals surface area contributed by atoms with Crippen LogP contribution in [0.3, 0.4) is 0 Å². The molecule has 0 aliphatic heterocycles. The van der Waals surface area contributed by atoms with E-state index < -0.39 is 5.97 Å². The minimum atomic E-state index is -0.992. The van der Waals surface area contributed by atoms with Crippen LogP contribution in [0.25, 0.3) is 5.70 Å². The van der Waals surface area contributed by atoms with Crippen LogP contribution in [0.15, 0.2) is 73.1 Å². The topological polar surface area (TPSA) is 53.4 Å². The van der Waals surface area contributed by atoms with E-state index >= 15 is 0 Å². The van der Waals surface area contributed by atoms with Crippen molar-refractivity contribution in [2.75, 3.05) is 7.05 Å². The molecule has 0 aliphatic rings. The number of carboxylic acid groups (broad SMARTS) is 1. The fourth-order valence-corrected chi connectivity index (χ4v) is 2.00. The molecule has 0 fully saturated rings. The number of rotatable bonds is 7. The van der Waals surface area contributed by atoms with Crippen LogP contribution in [0.2, 0.25) is 0 Å². The van der Waals surface area contributed by atoms with Gasteiger partial charge in [0.25, 0.3) is 0 Å². The summed E-state index contributed by atoms with van der Waals surface area (Å²) in [5.74, 6) is -0.992. The summed E-state index contributed by atoms with van der Waals surface area (Å²) in [5, 5.41) is 9.08. The molecule has 0 saturated carbocycles. The lowest BCUT2D eigenvalue weighted by atomic mass is 10.1. The number of likely N-dealkylation sites (N-methyl/N-ethyl adjacent to an activating group) is 1. The Morgan fingerprint density at radius 2 is 2.00 bits per heavy atom.